The van der Waals surface area contributed by atoms with E-state index >= 15 is 0 Å². The van der Waals surface area contributed by atoms with Crippen LogP contribution in [-0.2, 0) is 10.0 Å². The number of nitrogens with one attached hydrogen (secondary N) is 1. The third-order valence-electron chi connectivity index (χ3n) is 5.06. The van der Waals surface area contributed by atoms with Gasteiger partial charge in [-0.05, 0) is 31.2 Å². The molecule has 9 nitrogen and oxygen atoms in total. The lowest BCUT2D eigenvalue weighted by Gasteiger charge is -2.33. The minimum Gasteiger partial charge on any atom is -0.371 e. The fourth-order valence-electron chi connectivity index (χ4n) is 3.11. The highest BCUT2D eigenvalue weighted by Gasteiger charge is 2.23. The highest BCUT2D eigenvalue weighted by molar-refractivity contribution is 7.88. The lowest BCUT2D eigenvalue weighted by Crippen LogP contribution is -2.35. The molecule has 1 aromatic rings. The van der Waals surface area contributed by atoms with E-state index in [0.29, 0.717) is 18.0 Å². The lowest BCUT2D eigenvalue weighted by molar-refractivity contribution is -0.384. The normalized spacial score (nSPS) is 15.6. The predicted molar refractivity (Wildman–Crippen MR) is 108 cm³/mol. The van der Waals surface area contributed by atoms with E-state index in [-0.39, 0.29) is 30.2 Å². The maximum atomic E-state index is 12.7. The van der Waals surface area contributed by atoms with E-state index in [2.05, 4.69) is 17.1 Å². The van der Waals surface area contributed by atoms with Gasteiger partial charge in [0.2, 0.25) is 10.0 Å². The van der Waals surface area contributed by atoms with Crippen molar-refractivity contribution in [3.8, 4) is 0 Å². The quantitative estimate of drug-likeness (QED) is 0.396. The average Bonchev–Trinajstić information content (AvgIpc) is 2.64. The van der Waals surface area contributed by atoms with Gasteiger partial charge in [-0.15, -0.1) is 0 Å². The van der Waals surface area contributed by atoms with E-state index in [1.165, 1.54) is 23.5 Å². The van der Waals surface area contributed by atoms with E-state index < -0.39 is 14.9 Å². The number of hydrogen-bond acceptors (Lipinski definition) is 6. The zero-order valence-electron chi connectivity index (χ0n) is 16.6. The number of non-ortho nitro benzene ring substituents is 1. The Labute approximate surface area is 165 Å². The monoisotopic (exact) mass is 412 g/mol. The molecule has 1 heterocycles. The van der Waals surface area contributed by atoms with Gasteiger partial charge in [0.05, 0.1) is 22.4 Å². The first-order valence-corrected chi connectivity index (χ1v) is 11.2. The first kappa shape index (κ1) is 22.1. The Morgan fingerprint density at radius 3 is 2.57 bits per heavy atom. The van der Waals surface area contributed by atoms with Gasteiger partial charge in [-0.25, -0.2) is 12.7 Å². The molecule has 0 saturated carbocycles. The van der Waals surface area contributed by atoms with Gasteiger partial charge in [0.1, 0.15) is 0 Å². The molecular weight excluding hydrogens is 384 g/mol. The van der Waals surface area contributed by atoms with Gasteiger partial charge in [0, 0.05) is 45.4 Å². The lowest BCUT2D eigenvalue weighted by atomic mass is 9.98. The number of nitro benzene ring substituents is 1. The van der Waals surface area contributed by atoms with Crippen molar-refractivity contribution in [1.29, 1.82) is 0 Å². The summed E-state index contributed by atoms with van der Waals surface area (Å²) >= 11 is 0. The fourth-order valence-corrected chi connectivity index (χ4v) is 3.57. The smallest absolute Gasteiger partial charge is 0.270 e. The molecule has 1 aliphatic rings. The average molecular weight is 413 g/mol. The summed E-state index contributed by atoms with van der Waals surface area (Å²) in [4.78, 5) is 25.4. The molecule has 0 radical (unpaired) electrons. The molecule has 0 aromatic heterocycles. The Bertz CT molecular complexity index is 819. The summed E-state index contributed by atoms with van der Waals surface area (Å²) in [7, 11) is -1.78. The van der Waals surface area contributed by atoms with E-state index in [4.69, 9.17) is 0 Å². The van der Waals surface area contributed by atoms with Crippen molar-refractivity contribution in [3.05, 3.63) is 33.9 Å². The number of sulfonamides is 1. The topological polar surface area (TPSA) is 113 Å². The molecule has 1 fully saturated rings. The van der Waals surface area contributed by atoms with E-state index in [9.17, 15) is 23.3 Å². The maximum Gasteiger partial charge on any atom is 0.270 e. The Hall–Kier alpha value is -2.20. The zero-order chi connectivity index (χ0) is 20.9. The first-order chi connectivity index (χ1) is 13.1. The number of benzene rings is 1. The van der Waals surface area contributed by atoms with Crippen LogP contribution in [0.3, 0.4) is 0 Å². The predicted octanol–water partition coefficient (Wildman–Crippen LogP) is 1.84. The number of carbonyl (C=O) groups excluding carboxylic acids is 1. The molecule has 156 valence electrons. The van der Waals surface area contributed by atoms with Crippen LogP contribution >= 0.6 is 0 Å². The van der Waals surface area contributed by atoms with E-state index in [1.54, 1.807) is 6.07 Å². The molecule has 1 saturated heterocycles. The molecule has 1 amide bonds. The number of anilines is 1. The van der Waals surface area contributed by atoms with Gasteiger partial charge in [-0.3, -0.25) is 14.9 Å². The SMILES string of the molecule is CC1CCN(c2ccc([N+](=O)[O-])cc2C(=O)NCCCN(C)S(C)(=O)=O)CC1. The minimum atomic E-state index is -3.26. The maximum absolute atomic E-state index is 12.7. The third kappa shape index (κ3) is 5.90. The van der Waals surface area contributed by atoms with E-state index in [1.807, 2.05) is 0 Å². The third-order valence-corrected chi connectivity index (χ3v) is 6.38. The van der Waals surface area contributed by atoms with Crippen LogP contribution in [0.25, 0.3) is 0 Å². The molecule has 0 aliphatic carbocycles. The van der Waals surface area contributed by atoms with Crippen LogP contribution in [-0.4, -0.2) is 63.0 Å². The molecule has 1 aromatic carbocycles. The van der Waals surface area contributed by atoms with Gasteiger partial charge in [0.15, 0.2) is 0 Å². The van der Waals surface area contributed by atoms with Gasteiger partial charge < -0.3 is 10.2 Å². The molecule has 0 spiro atoms. The number of nitrogens with zero attached hydrogens (tertiary/aromatic N) is 3. The fraction of sp³-hybridized carbons (Fsp3) is 0.611. The van der Waals surface area contributed by atoms with E-state index in [0.717, 1.165) is 32.2 Å². The molecule has 2 rings (SSSR count). The van der Waals surface area contributed by atoms with Crippen LogP contribution < -0.4 is 10.2 Å². The molecular formula is C18H28N4O5S. The van der Waals surface area contributed by atoms with Gasteiger partial charge in [0.25, 0.3) is 11.6 Å². The van der Waals surface area contributed by atoms with Crippen LogP contribution in [0.5, 0.6) is 0 Å². The Morgan fingerprint density at radius 1 is 1.36 bits per heavy atom. The van der Waals surface area contributed by atoms with Crippen LogP contribution in [0, 0.1) is 16.0 Å². The number of amides is 1. The number of hydrogen-bond donors (Lipinski definition) is 1. The Balaban J connectivity index is 2.09. The number of piperidine rings is 1. The standard InChI is InChI=1S/C18H28N4O5S/c1-14-7-11-21(12-8-14)17-6-5-15(22(24)25)13-16(17)18(23)19-9-4-10-20(2)28(3,26)27/h5-6,13-14H,4,7-12H2,1-3H3,(H,19,23). The summed E-state index contributed by atoms with van der Waals surface area (Å²) < 4.78 is 24.0. The van der Waals surface area contributed by atoms with Gasteiger partial charge in [-0.1, -0.05) is 6.92 Å². The Morgan fingerprint density at radius 2 is 2.00 bits per heavy atom. The second kappa shape index (κ2) is 9.33. The second-order valence-electron chi connectivity index (χ2n) is 7.32. The summed E-state index contributed by atoms with van der Waals surface area (Å²) in [6.07, 6.45) is 3.59. The number of rotatable bonds is 8. The summed E-state index contributed by atoms with van der Waals surface area (Å²) in [5.74, 6) is 0.234. The first-order valence-electron chi connectivity index (χ1n) is 9.32. The molecule has 1 aliphatic heterocycles. The van der Waals surface area contributed by atoms with Crippen LogP contribution in [0.4, 0.5) is 11.4 Å². The number of nitro groups is 1. The van der Waals surface area contributed by atoms with Crippen molar-refractivity contribution >= 4 is 27.3 Å². The van der Waals surface area contributed by atoms with Gasteiger partial charge >= 0.3 is 0 Å². The summed E-state index contributed by atoms with van der Waals surface area (Å²) in [6, 6.07) is 4.37. The highest BCUT2D eigenvalue weighted by Crippen LogP contribution is 2.29. The minimum absolute atomic E-state index is 0.129. The molecule has 10 heteroatoms. The van der Waals surface area contributed by atoms with Crippen molar-refractivity contribution in [1.82, 2.24) is 9.62 Å². The summed E-state index contributed by atoms with van der Waals surface area (Å²) in [5.41, 5.74) is 0.847. The van der Waals surface area contributed by atoms with Crippen molar-refractivity contribution in [2.75, 3.05) is 44.4 Å². The Kier molecular flexibility index (Phi) is 7.36. The summed E-state index contributed by atoms with van der Waals surface area (Å²) in [5, 5.41) is 13.9. The molecule has 0 atom stereocenters. The second-order valence-corrected chi connectivity index (χ2v) is 9.41. The number of carbonyl (C=O) groups is 1. The highest BCUT2D eigenvalue weighted by atomic mass is 32.2. The largest absolute Gasteiger partial charge is 0.371 e. The van der Waals surface area contributed by atoms with Crippen LogP contribution in [0.2, 0.25) is 0 Å². The zero-order valence-corrected chi connectivity index (χ0v) is 17.4. The molecule has 28 heavy (non-hydrogen) atoms. The van der Waals surface area contributed by atoms with Crippen LogP contribution in [0.15, 0.2) is 18.2 Å². The molecule has 1 N–H and O–H groups in total. The summed E-state index contributed by atoms with van der Waals surface area (Å²) in [6.45, 7) is 4.36. The van der Waals surface area contributed by atoms with Gasteiger partial charge in [-0.2, -0.15) is 0 Å². The molecule has 0 bridgehead atoms. The molecule has 0 unspecified atom stereocenters. The van der Waals surface area contributed by atoms with Crippen LogP contribution in [0.1, 0.15) is 36.5 Å². The van der Waals surface area contributed by atoms with Crippen molar-refractivity contribution < 1.29 is 18.1 Å². The van der Waals surface area contributed by atoms with Crippen molar-refractivity contribution in [2.45, 2.75) is 26.2 Å². The van der Waals surface area contributed by atoms with Crippen molar-refractivity contribution in [2.24, 2.45) is 5.92 Å². The van der Waals surface area contributed by atoms with Crippen molar-refractivity contribution in [3.63, 3.8) is 0 Å².